The van der Waals surface area contributed by atoms with E-state index in [2.05, 4.69) is 25.9 Å². The molecule has 1 aromatic carbocycles. The average Bonchev–Trinajstić information content (AvgIpc) is 2.41. The van der Waals surface area contributed by atoms with Gasteiger partial charge in [0.15, 0.2) is 0 Å². The van der Waals surface area contributed by atoms with E-state index in [4.69, 9.17) is 15.2 Å². The number of hydrogen-bond acceptors (Lipinski definition) is 5. The van der Waals surface area contributed by atoms with Crippen molar-refractivity contribution in [2.24, 2.45) is 5.73 Å². The first-order valence-corrected chi connectivity index (χ1v) is 6.04. The minimum absolute atomic E-state index is 0.273. The summed E-state index contributed by atoms with van der Waals surface area (Å²) in [4.78, 5) is 8.06. The topological polar surface area (TPSA) is 70.3 Å². The third kappa shape index (κ3) is 3.18. The summed E-state index contributed by atoms with van der Waals surface area (Å²) in [5, 5.41) is 0. The molecule has 0 saturated heterocycles. The van der Waals surface area contributed by atoms with Crippen molar-refractivity contribution in [3.8, 4) is 17.5 Å². The molecule has 0 radical (unpaired) electrons. The highest BCUT2D eigenvalue weighted by molar-refractivity contribution is 9.10. The number of benzene rings is 1. The maximum absolute atomic E-state index is 5.61. The lowest BCUT2D eigenvalue weighted by Gasteiger charge is -2.08. The molecular weight excluding hydrogens is 298 g/mol. The first-order chi connectivity index (χ1) is 8.71. The summed E-state index contributed by atoms with van der Waals surface area (Å²) < 4.78 is 11.5. The van der Waals surface area contributed by atoms with E-state index in [-0.39, 0.29) is 6.01 Å². The molecule has 0 amide bonds. The molecule has 2 rings (SSSR count). The Balaban J connectivity index is 2.25. The zero-order valence-electron chi connectivity index (χ0n) is 9.76. The van der Waals surface area contributed by atoms with E-state index in [1.807, 2.05) is 12.1 Å². The SMILES string of the molecule is COc1cc(CN)cc(Oc2ncc(Br)cn2)c1. The quantitative estimate of drug-likeness (QED) is 0.939. The second-order valence-corrected chi connectivity index (χ2v) is 4.42. The van der Waals surface area contributed by atoms with Crippen LogP contribution in [0.4, 0.5) is 0 Å². The summed E-state index contributed by atoms with van der Waals surface area (Å²) >= 11 is 3.26. The number of halogens is 1. The van der Waals surface area contributed by atoms with Gasteiger partial charge in [-0.15, -0.1) is 0 Å². The van der Waals surface area contributed by atoms with E-state index >= 15 is 0 Å². The average molecular weight is 310 g/mol. The number of ether oxygens (including phenoxy) is 2. The van der Waals surface area contributed by atoms with Crippen molar-refractivity contribution in [3.63, 3.8) is 0 Å². The molecule has 0 spiro atoms. The normalized spacial score (nSPS) is 10.2. The van der Waals surface area contributed by atoms with Crippen molar-refractivity contribution in [3.05, 3.63) is 40.6 Å². The van der Waals surface area contributed by atoms with E-state index in [1.165, 1.54) is 0 Å². The van der Waals surface area contributed by atoms with Gasteiger partial charge < -0.3 is 15.2 Å². The second kappa shape index (κ2) is 5.79. The summed E-state index contributed by atoms with van der Waals surface area (Å²) in [5.74, 6) is 1.28. The molecule has 0 aliphatic carbocycles. The third-order valence-electron chi connectivity index (χ3n) is 2.22. The van der Waals surface area contributed by atoms with Gasteiger partial charge >= 0.3 is 6.01 Å². The molecule has 6 heteroatoms. The highest BCUT2D eigenvalue weighted by atomic mass is 79.9. The highest BCUT2D eigenvalue weighted by Gasteiger charge is 2.04. The molecule has 0 fully saturated rings. The zero-order chi connectivity index (χ0) is 13.0. The van der Waals surface area contributed by atoms with E-state index in [9.17, 15) is 0 Å². The van der Waals surface area contributed by atoms with Crippen LogP contribution >= 0.6 is 15.9 Å². The van der Waals surface area contributed by atoms with Crippen LogP contribution in [0.25, 0.3) is 0 Å². The van der Waals surface area contributed by atoms with Gasteiger partial charge in [-0.1, -0.05) is 0 Å². The minimum Gasteiger partial charge on any atom is -0.497 e. The molecule has 1 aromatic heterocycles. The predicted octanol–water partition coefficient (Wildman–Crippen LogP) is 2.50. The van der Waals surface area contributed by atoms with E-state index in [0.717, 1.165) is 10.0 Å². The van der Waals surface area contributed by atoms with Gasteiger partial charge in [0.1, 0.15) is 11.5 Å². The Morgan fingerprint density at radius 1 is 1.17 bits per heavy atom. The van der Waals surface area contributed by atoms with Crippen molar-refractivity contribution in [1.82, 2.24) is 9.97 Å². The van der Waals surface area contributed by atoms with Crippen molar-refractivity contribution >= 4 is 15.9 Å². The second-order valence-electron chi connectivity index (χ2n) is 3.51. The van der Waals surface area contributed by atoms with Crippen molar-refractivity contribution in [2.75, 3.05) is 7.11 Å². The first kappa shape index (κ1) is 12.8. The largest absolute Gasteiger partial charge is 0.497 e. The van der Waals surface area contributed by atoms with Crippen LogP contribution < -0.4 is 15.2 Å². The summed E-state index contributed by atoms with van der Waals surface area (Å²) in [6.45, 7) is 0.411. The standard InChI is InChI=1S/C12H12BrN3O2/c1-17-10-2-8(5-14)3-11(4-10)18-12-15-6-9(13)7-16-12/h2-4,6-7H,5,14H2,1H3. The first-order valence-electron chi connectivity index (χ1n) is 5.24. The van der Waals surface area contributed by atoms with E-state index in [1.54, 1.807) is 25.6 Å². The van der Waals surface area contributed by atoms with Gasteiger partial charge in [0.2, 0.25) is 0 Å². The minimum atomic E-state index is 0.273. The van der Waals surface area contributed by atoms with Crippen LogP contribution in [0.3, 0.4) is 0 Å². The fraction of sp³-hybridized carbons (Fsp3) is 0.167. The van der Waals surface area contributed by atoms with Gasteiger partial charge in [-0.05, 0) is 33.6 Å². The Morgan fingerprint density at radius 3 is 2.44 bits per heavy atom. The molecule has 0 aliphatic heterocycles. The molecular formula is C12H12BrN3O2. The number of nitrogens with zero attached hydrogens (tertiary/aromatic N) is 2. The Labute approximate surface area is 113 Å². The van der Waals surface area contributed by atoms with Crippen LogP contribution in [0, 0.1) is 0 Å². The lowest BCUT2D eigenvalue weighted by atomic mass is 10.2. The Kier molecular flexibility index (Phi) is 4.11. The third-order valence-corrected chi connectivity index (χ3v) is 2.63. The molecule has 2 N–H and O–H groups in total. The summed E-state index contributed by atoms with van der Waals surface area (Å²) in [6, 6.07) is 5.71. The molecule has 94 valence electrons. The number of hydrogen-bond donors (Lipinski definition) is 1. The van der Waals surface area contributed by atoms with Crippen LogP contribution in [0.5, 0.6) is 17.5 Å². The van der Waals surface area contributed by atoms with Crippen molar-refractivity contribution in [2.45, 2.75) is 6.54 Å². The van der Waals surface area contributed by atoms with Gasteiger partial charge in [-0.2, -0.15) is 0 Å². The van der Waals surface area contributed by atoms with Gasteiger partial charge in [0, 0.05) is 25.0 Å². The van der Waals surface area contributed by atoms with Gasteiger partial charge in [0.25, 0.3) is 0 Å². The number of aromatic nitrogens is 2. The van der Waals surface area contributed by atoms with Crippen LogP contribution in [-0.4, -0.2) is 17.1 Å². The summed E-state index contributed by atoms with van der Waals surface area (Å²) in [6.07, 6.45) is 3.23. The van der Waals surface area contributed by atoms with Gasteiger partial charge in [-0.25, -0.2) is 9.97 Å². The smallest absolute Gasteiger partial charge is 0.321 e. The summed E-state index contributed by atoms with van der Waals surface area (Å²) in [7, 11) is 1.59. The maximum atomic E-state index is 5.61. The van der Waals surface area contributed by atoms with Crippen molar-refractivity contribution < 1.29 is 9.47 Å². The lowest BCUT2D eigenvalue weighted by Crippen LogP contribution is -1.98. The van der Waals surface area contributed by atoms with Crippen LogP contribution in [0.1, 0.15) is 5.56 Å². The number of rotatable bonds is 4. The van der Waals surface area contributed by atoms with Crippen LogP contribution in [0.15, 0.2) is 35.1 Å². The summed E-state index contributed by atoms with van der Waals surface area (Å²) in [5.41, 5.74) is 6.53. The lowest BCUT2D eigenvalue weighted by molar-refractivity contribution is 0.403. The Morgan fingerprint density at radius 2 is 1.83 bits per heavy atom. The molecule has 0 unspecified atom stereocenters. The van der Waals surface area contributed by atoms with Gasteiger partial charge in [-0.3, -0.25) is 0 Å². The zero-order valence-corrected chi connectivity index (χ0v) is 11.3. The Bertz CT molecular complexity index is 509. The molecule has 0 saturated carbocycles. The number of methoxy groups -OCH3 is 1. The van der Waals surface area contributed by atoms with E-state index in [0.29, 0.717) is 18.0 Å². The van der Waals surface area contributed by atoms with E-state index < -0.39 is 0 Å². The molecule has 2 aromatic rings. The molecule has 5 nitrogen and oxygen atoms in total. The molecule has 0 bridgehead atoms. The maximum Gasteiger partial charge on any atom is 0.321 e. The van der Waals surface area contributed by atoms with Crippen LogP contribution in [0.2, 0.25) is 0 Å². The van der Waals surface area contributed by atoms with Gasteiger partial charge in [0.05, 0.1) is 11.6 Å². The highest BCUT2D eigenvalue weighted by Crippen LogP contribution is 2.25. The predicted molar refractivity (Wildman–Crippen MR) is 70.7 cm³/mol. The molecule has 1 heterocycles. The molecule has 0 aliphatic rings. The fourth-order valence-corrected chi connectivity index (χ4v) is 1.59. The van der Waals surface area contributed by atoms with Crippen LogP contribution in [-0.2, 0) is 6.54 Å². The Hall–Kier alpha value is -1.66. The molecule has 18 heavy (non-hydrogen) atoms. The number of nitrogens with two attached hydrogens (primary N) is 1. The fourth-order valence-electron chi connectivity index (χ4n) is 1.38. The monoisotopic (exact) mass is 309 g/mol. The molecule has 0 atom stereocenters. The van der Waals surface area contributed by atoms with Crippen molar-refractivity contribution in [1.29, 1.82) is 0 Å².